The predicted octanol–water partition coefficient (Wildman–Crippen LogP) is 3.76. The topological polar surface area (TPSA) is 9.23 Å². The van der Waals surface area contributed by atoms with E-state index in [1.165, 1.54) is 17.7 Å². The SMILES string of the molecule is Cc1cccc(OCCc2ccc(F)cc2)c1. The van der Waals surface area contributed by atoms with Gasteiger partial charge in [-0.2, -0.15) is 0 Å². The second kappa shape index (κ2) is 5.48. The minimum Gasteiger partial charge on any atom is -0.493 e. The Morgan fingerprint density at radius 2 is 1.82 bits per heavy atom. The van der Waals surface area contributed by atoms with E-state index in [0.717, 1.165) is 17.7 Å². The first-order valence-electron chi connectivity index (χ1n) is 5.68. The molecule has 1 nitrogen and oxygen atoms in total. The van der Waals surface area contributed by atoms with E-state index in [9.17, 15) is 4.39 Å². The van der Waals surface area contributed by atoms with Crippen molar-refractivity contribution in [3.63, 3.8) is 0 Å². The number of aryl methyl sites for hydroxylation is 1. The van der Waals surface area contributed by atoms with Crippen LogP contribution in [-0.4, -0.2) is 6.61 Å². The average molecular weight is 230 g/mol. The highest BCUT2D eigenvalue weighted by atomic mass is 19.1. The first-order valence-corrected chi connectivity index (χ1v) is 5.68. The van der Waals surface area contributed by atoms with Crippen LogP contribution in [0.2, 0.25) is 0 Å². The van der Waals surface area contributed by atoms with Crippen LogP contribution < -0.4 is 4.74 Å². The van der Waals surface area contributed by atoms with Gasteiger partial charge >= 0.3 is 0 Å². The smallest absolute Gasteiger partial charge is 0.123 e. The Hall–Kier alpha value is -1.83. The number of ether oxygens (including phenoxy) is 1. The number of halogens is 1. The monoisotopic (exact) mass is 230 g/mol. The van der Waals surface area contributed by atoms with E-state index in [1.54, 1.807) is 12.1 Å². The van der Waals surface area contributed by atoms with Gasteiger partial charge < -0.3 is 4.74 Å². The molecule has 0 saturated heterocycles. The maximum absolute atomic E-state index is 12.7. The summed E-state index contributed by atoms with van der Waals surface area (Å²) in [5, 5.41) is 0. The van der Waals surface area contributed by atoms with Gasteiger partial charge in [0.15, 0.2) is 0 Å². The van der Waals surface area contributed by atoms with Crippen LogP contribution in [0.15, 0.2) is 48.5 Å². The quantitative estimate of drug-likeness (QED) is 0.777. The minimum atomic E-state index is -0.201. The Balaban J connectivity index is 1.85. The van der Waals surface area contributed by atoms with Gasteiger partial charge in [0.25, 0.3) is 0 Å². The zero-order valence-electron chi connectivity index (χ0n) is 9.82. The van der Waals surface area contributed by atoms with Crippen molar-refractivity contribution in [1.82, 2.24) is 0 Å². The first kappa shape index (κ1) is 11.6. The van der Waals surface area contributed by atoms with Crippen molar-refractivity contribution in [2.45, 2.75) is 13.3 Å². The van der Waals surface area contributed by atoms with Crippen LogP contribution in [0.4, 0.5) is 4.39 Å². The highest BCUT2D eigenvalue weighted by Gasteiger charge is 1.96. The molecule has 0 aliphatic rings. The van der Waals surface area contributed by atoms with Crippen LogP contribution in [0.1, 0.15) is 11.1 Å². The number of hydrogen-bond acceptors (Lipinski definition) is 1. The third-order valence-corrected chi connectivity index (χ3v) is 2.56. The normalized spacial score (nSPS) is 10.2. The Morgan fingerprint density at radius 3 is 2.53 bits per heavy atom. The van der Waals surface area contributed by atoms with E-state index in [1.807, 2.05) is 31.2 Å². The van der Waals surface area contributed by atoms with Crippen molar-refractivity contribution in [1.29, 1.82) is 0 Å². The number of hydrogen-bond donors (Lipinski definition) is 0. The van der Waals surface area contributed by atoms with Gasteiger partial charge in [0.2, 0.25) is 0 Å². The molecule has 0 radical (unpaired) electrons. The lowest BCUT2D eigenvalue weighted by Gasteiger charge is -2.06. The summed E-state index contributed by atoms with van der Waals surface area (Å²) in [6.45, 7) is 2.64. The van der Waals surface area contributed by atoms with Gasteiger partial charge in [0.1, 0.15) is 11.6 Å². The molecule has 0 unspecified atom stereocenters. The van der Waals surface area contributed by atoms with Crippen LogP contribution in [0.5, 0.6) is 5.75 Å². The summed E-state index contributed by atoms with van der Waals surface area (Å²) < 4.78 is 18.3. The van der Waals surface area contributed by atoms with Gasteiger partial charge in [-0.3, -0.25) is 0 Å². The lowest BCUT2D eigenvalue weighted by atomic mass is 10.1. The highest BCUT2D eigenvalue weighted by Crippen LogP contribution is 2.13. The summed E-state index contributed by atoms with van der Waals surface area (Å²) in [5.41, 5.74) is 2.27. The summed E-state index contributed by atoms with van der Waals surface area (Å²) in [7, 11) is 0. The van der Waals surface area contributed by atoms with Gasteiger partial charge in [-0.1, -0.05) is 24.3 Å². The molecule has 88 valence electrons. The summed E-state index contributed by atoms with van der Waals surface area (Å²) >= 11 is 0. The molecule has 2 aromatic rings. The molecule has 0 N–H and O–H groups in total. The van der Waals surface area contributed by atoms with Crippen LogP contribution in [-0.2, 0) is 6.42 Å². The van der Waals surface area contributed by atoms with Gasteiger partial charge in [0, 0.05) is 6.42 Å². The first-order chi connectivity index (χ1) is 8.24. The number of benzene rings is 2. The zero-order chi connectivity index (χ0) is 12.1. The Labute approximate surface area is 101 Å². The molecule has 0 fully saturated rings. The van der Waals surface area contributed by atoms with Crippen molar-refractivity contribution in [2.24, 2.45) is 0 Å². The maximum Gasteiger partial charge on any atom is 0.123 e. The third-order valence-electron chi connectivity index (χ3n) is 2.56. The number of rotatable bonds is 4. The fourth-order valence-corrected chi connectivity index (χ4v) is 1.64. The lowest BCUT2D eigenvalue weighted by Crippen LogP contribution is -2.01. The molecule has 0 amide bonds. The zero-order valence-corrected chi connectivity index (χ0v) is 9.82. The van der Waals surface area contributed by atoms with E-state index in [4.69, 9.17) is 4.74 Å². The summed E-state index contributed by atoms with van der Waals surface area (Å²) in [5.74, 6) is 0.681. The maximum atomic E-state index is 12.7. The molecule has 2 heteroatoms. The summed E-state index contributed by atoms with van der Waals surface area (Å²) in [4.78, 5) is 0. The predicted molar refractivity (Wildman–Crippen MR) is 66.8 cm³/mol. The minimum absolute atomic E-state index is 0.201. The van der Waals surface area contributed by atoms with Crippen molar-refractivity contribution in [3.05, 3.63) is 65.5 Å². The molecular formula is C15H15FO. The molecule has 0 spiro atoms. The third kappa shape index (κ3) is 3.59. The van der Waals surface area contributed by atoms with Crippen LogP contribution in [0, 0.1) is 12.7 Å². The van der Waals surface area contributed by atoms with Gasteiger partial charge in [-0.25, -0.2) is 4.39 Å². The van der Waals surface area contributed by atoms with Crippen molar-refractivity contribution in [3.8, 4) is 5.75 Å². The molecule has 17 heavy (non-hydrogen) atoms. The molecule has 0 aliphatic carbocycles. The largest absolute Gasteiger partial charge is 0.493 e. The van der Waals surface area contributed by atoms with Crippen LogP contribution in [0.25, 0.3) is 0 Å². The molecule has 0 saturated carbocycles. The summed E-state index contributed by atoms with van der Waals surface area (Å²) in [6, 6.07) is 14.5. The second-order valence-electron chi connectivity index (χ2n) is 4.04. The molecule has 0 heterocycles. The van der Waals surface area contributed by atoms with E-state index in [0.29, 0.717) is 6.61 Å². The summed E-state index contributed by atoms with van der Waals surface area (Å²) in [6.07, 6.45) is 0.786. The average Bonchev–Trinajstić information content (AvgIpc) is 2.32. The second-order valence-corrected chi connectivity index (χ2v) is 4.04. The van der Waals surface area contributed by atoms with E-state index in [-0.39, 0.29) is 5.82 Å². The molecule has 2 aromatic carbocycles. The molecule has 0 aliphatic heterocycles. The molecule has 0 bridgehead atoms. The van der Waals surface area contributed by atoms with E-state index in [2.05, 4.69) is 0 Å². The molecule has 2 rings (SSSR count). The van der Waals surface area contributed by atoms with Gasteiger partial charge in [-0.15, -0.1) is 0 Å². The van der Waals surface area contributed by atoms with E-state index >= 15 is 0 Å². The van der Waals surface area contributed by atoms with Crippen LogP contribution >= 0.6 is 0 Å². The lowest BCUT2D eigenvalue weighted by molar-refractivity contribution is 0.321. The standard InChI is InChI=1S/C15H15FO/c1-12-3-2-4-15(11-12)17-10-9-13-5-7-14(16)8-6-13/h2-8,11H,9-10H2,1H3. The molecule has 0 atom stereocenters. The van der Waals surface area contributed by atoms with E-state index < -0.39 is 0 Å². The van der Waals surface area contributed by atoms with Crippen LogP contribution in [0.3, 0.4) is 0 Å². The van der Waals surface area contributed by atoms with Gasteiger partial charge in [0.05, 0.1) is 6.61 Å². The Morgan fingerprint density at radius 1 is 1.06 bits per heavy atom. The fraction of sp³-hybridized carbons (Fsp3) is 0.200. The van der Waals surface area contributed by atoms with Gasteiger partial charge in [-0.05, 0) is 42.3 Å². The van der Waals surface area contributed by atoms with Crippen molar-refractivity contribution >= 4 is 0 Å². The molecular weight excluding hydrogens is 215 g/mol. The molecule has 0 aromatic heterocycles. The Kier molecular flexibility index (Phi) is 3.76. The Bertz CT molecular complexity index is 477. The highest BCUT2D eigenvalue weighted by molar-refractivity contribution is 5.27. The van der Waals surface area contributed by atoms with Crippen molar-refractivity contribution < 1.29 is 9.13 Å². The van der Waals surface area contributed by atoms with Crippen molar-refractivity contribution in [2.75, 3.05) is 6.61 Å². The fourth-order valence-electron chi connectivity index (χ4n) is 1.64.